The molecule has 0 saturated carbocycles. The van der Waals surface area contributed by atoms with Gasteiger partial charge in [0.2, 0.25) is 0 Å². The third-order valence-electron chi connectivity index (χ3n) is 4.89. The minimum Gasteiger partial charge on any atom is -0.497 e. The van der Waals surface area contributed by atoms with Crippen LogP contribution in [0.25, 0.3) is 0 Å². The number of carbonyl (C=O) groups is 2. The standard InChI is InChI=1S/C20H24N4O3/c1-27-17-9-7-16(8-10-17)23-11-13-24(14-12-23)18(19(25)22-20(21)26)15-5-3-2-4-6-15/h2-10,18H,11-14H2,1H3,(H3,21,22,25,26)/p+1/t18-/m0/s1. The van der Waals surface area contributed by atoms with Crippen LogP contribution in [0.1, 0.15) is 11.6 Å². The van der Waals surface area contributed by atoms with Crippen LogP contribution in [-0.2, 0) is 4.79 Å². The van der Waals surface area contributed by atoms with E-state index < -0.39 is 12.1 Å². The van der Waals surface area contributed by atoms with Crippen LogP contribution in [0.3, 0.4) is 0 Å². The van der Waals surface area contributed by atoms with Crippen molar-refractivity contribution in [2.24, 2.45) is 5.73 Å². The highest BCUT2D eigenvalue weighted by molar-refractivity contribution is 5.96. The Labute approximate surface area is 158 Å². The summed E-state index contributed by atoms with van der Waals surface area (Å²) in [6.07, 6.45) is 0. The van der Waals surface area contributed by atoms with E-state index in [9.17, 15) is 9.59 Å². The zero-order valence-electron chi connectivity index (χ0n) is 15.4. The van der Waals surface area contributed by atoms with E-state index in [0.29, 0.717) is 0 Å². The zero-order chi connectivity index (χ0) is 19.2. The Morgan fingerprint density at radius 1 is 1.07 bits per heavy atom. The molecule has 3 amide bonds. The van der Waals surface area contributed by atoms with E-state index in [1.54, 1.807) is 7.11 Å². The number of benzene rings is 2. The maximum atomic E-state index is 12.6. The number of hydrogen-bond acceptors (Lipinski definition) is 4. The first kappa shape index (κ1) is 18.7. The summed E-state index contributed by atoms with van der Waals surface area (Å²) in [5, 5.41) is 2.25. The minimum absolute atomic E-state index is 0.360. The third kappa shape index (κ3) is 4.57. The van der Waals surface area contributed by atoms with Crippen molar-refractivity contribution in [2.45, 2.75) is 6.04 Å². The smallest absolute Gasteiger partial charge is 0.319 e. The highest BCUT2D eigenvalue weighted by Gasteiger charge is 2.34. The highest BCUT2D eigenvalue weighted by Crippen LogP contribution is 2.19. The largest absolute Gasteiger partial charge is 0.497 e. The van der Waals surface area contributed by atoms with Gasteiger partial charge in [0.1, 0.15) is 5.75 Å². The van der Waals surface area contributed by atoms with Gasteiger partial charge in [-0.1, -0.05) is 30.3 Å². The number of primary amides is 1. The highest BCUT2D eigenvalue weighted by atomic mass is 16.5. The Hall–Kier alpha value is -3.06. The summed E-state index contributed by atoms with van der Waals surface area (Å²) in [6.45, 7) is 3.18. The molecule has 0 aliphatic carbocycles. The lowest BCUT2D eigenvalue weighted by molar-refractivity contribution is -0.922. The summed E-state index contributed by atoms with van der Waals surface area (Å²) in [5.41, 5.74) is 7.17. The van der Waals surface area contributed by atoms with Crippen LogP contribution in [-0.4, -0.2) is 45.2 Å². The first-order valence-corrected chi connectivity index (χ1v) is 8.97. The molecule has 0 bridgehead atoms. The maximum Gasteiger partial charge on any atom is 0.319 e. The first-order valence-electron chi connectivity index (χ1n) is 8.97. The molecule has 3 rings (SSSR count). The van der Waals surface area contributed by atoms with Crippen molar-refractivity contribution in [3.8, 4) is 5.75 Å². The summed E-state index contributed by atoms with van der Waals surface area (Å²) < 4.78 is 5.21. The number of ether oxygens (including phenoxy) is 1. The van der Waals surface area contributed by atoms with E-state index in [2.05, 4.69) is 10.2 Å². The minimum atomic E-state index is -0.822. The van der Waals surface area contributed by atoms with Gasteiger partial charge in [-0.3, -0.25) is 10.1 Å². The fourth-order valence-electron chi connectivity index (χ4n) is 3.55. The second-order valence-electron chi connectivity index (χ2n) is 6.54. The molecule has 1 atom stereocenters. The molecule has 7 heteroatoms. The Kier molecular flexibility index (Phi) is 5.93. The second-order valence-corrected chi connectivity index (χ2v) is 6.54. The average molecular weight is 369 g/mol. The molecular weight excluding hydrogens is 344 g/mol. The number of nitrogens with one attached hydrogen (secondary N) is 2. The number of hydrogen-bond donors (Lipinski definition) is 3. The van der Waals surface area contributed by atoms with E-state index in [1.165, 1.54) is 0 Å². The van der Waals surface area contributed by atoms with E-state index >= 15 is 0 Å². The summed E-state index contributed by atoms with van der Waals surface area (Å²) in [6, 6.07) is 16.2. The fourth-order valence-corrected chi connectivity index (χ4v) is 3.55. The number of anilines is 1. The summed E-state index contributed by atoms with van der Waals surface area (Å²) >= 11 is 0. The molecule has 1 heterocycles. The molecule has 0 unspecified atom stereocenters. The average Bonchev–Trinajstić information content (AvgIpc) is 2.69. The molecule has 2 aromatic carbocycles. The van der Waals surface area contributed by atoms with Crippen molar-refractivity contribution in [1.29, 1.82) is 0 Å². The van der Waals surface area contributed by atoms with Crippen molar-refractivity contribution in [3.05, 3.63) is 60.2 Å². The van der Waals surface area contributed by atoms with Crippen LogP contribution in [0.15, 0.2) is 54.6 Å². The molecule has 0 spiro atoms. The van der Waals surface area contributed by atoms with Gasteiger partial charge in [-0.05, 0) is 24.3 Å². The SMILES string of the molecule is COc1ccc(N2CC[NH+]([C@H](C(=O)NC(N)=O)c3ccccc3)CC2)cc1. The summed E-state index contributed by atoms with van der Waals surface area (Å²) in [7, 11) is 1.65. The van der Waals surface area contributed by atoms with Gasteiger partial charge in [0, 0.05) is 11.3 Å². The molecule has 0 aromatic heterocycles. The van der Waals surface area contributed by atoms with Gasteiger partial charge in [0.05, 0.1) is 33.3 Å². The summed E-state index contributed by atoms with van der Waals surface area (Å²) in [5.74, 6) is 0.469. The molecule has 1 fully saturated rings. The number of amides is 3. The Balaban J connectivity index is 1.71. The number of nitrogens with zero attached hydrogens (tertiary/aromatic N) is 1. The Bertz CT molecular complexity index is 772. The quantitative estimate of drug-likeness (QED) is 0.709. The number of carbonyl (C=O) groups excluding carboxylic acids is 2. The predicted molar refractivity (Wildman–Crippen MR) is 103 cm³/mol. The van der Waals surface area contributed by atoms with Crippen LogP contribution in [0.5, 0.6) is 5.75 Å². The van der Waals surface area contributed by atoms with Crippen LogP contribution in [0, 0.1) is 0 Å². The lowest BCUT2D eigenvalue weighted by atomic mass is 10.0. The van der Waals surface area contributed by atoms with E-state index in [-0.39, 0.29) is 5.91 Å². The molecule has 7 nitrogen and oxygen atoms in total. The second kappa shape index (κ2) is 8.55. The topological polar surface area (TPSA) is 89.1 Å². The van der Waals surface area contributed by atoms with Crippen LogP contribution in [0.2, 0.25) is 0 Å². The number of urea groups is 1. The monoisotopic (exact) mass is 369 g/mol. The molecule has 1 aliphatic rings. The van der Waals surface area contributed by atoms with Gasteiger partial charge in [-0.25, -0.2) is 4.79 Å². The van der Waals surface area contributed by atoms with Crippen molar-refractivity contribution in [3.63, 3.8) is 0 Å². The van der Waals surface area contributed by atoms with Gasteiger partial charge < -0.3 is 20.3 Å². The normalized spacial score (nSPS) is 15.8. The summed E-state index contributed by atoms with van der Waals surface area (Å²) in [4.78, 5) is 27.2. The van der Waals surface area contributed by atoms with Gasteiger partial charge in [0.15, 0.2) is 6.04 Å². The first-order chi connectivity index (χ1) is 13.1. The Morgan fingerprint density at radius 2 is 1.70 bits per heavy atom. The molecular formula is C20H25N4O3+. The number of imide groups is 1. The van der Waals surface area contributed by atoms with Gasteiger partial charge in [0.25, 0.3) is 5.91 Å². The van der Waals surface area contributed by atoms with Gasteiger partial charge in [-0.15, -0.1) is 0 Å². The number of piperazine rings is 1. The van der Waals surface area contributed by atoms with Crippen molar-refractivity contribution < 1.29 is 19.2 Å². The van der Waals surface area contributed by atoms with Crippen LogP contribution >= 0.6 is 0 Å². The van der Waals surface area contributed by atoms with Gasteiger partial charge >= 0.3 is 6.03 Å². The Morgan fingerprint density at radius 3 is 2.26 bits per heavy atom. The lowest BCUT2D eigenvalue weighted by Gasteiger charge is -2.37. The van der Waals surface area contributed by atoms with Crippen LogP contribution < -0.4 is 25.6 Å². The number of nitrogens with two attached hydrogens (primary N) is 1. The lowest BCUT2D eigenvalue weighted by Crippen LogP contribution is -3.16. The third-order valence-corrected chi connectivity index (χ3v) is 4.89. The molecule has 0 radical (unpaired) electrons. The van der Waals surface area contributed by atoms with E-state index in [4.69, 9.17) is 10.5 Å². The zero-order valence-corrected chi connectivity index (χ0v) is 15.4. The fraction of sp³-hybridized carbons (Fsp3) is 0.300. The predicted octanol–water partition coefficient (Wildman–Crippen LogP) is 0.336. The number of rotatable bonds is 5. The van der Waals surface area contributed by atoms with E-state index in [0.717, 1.165) is 48.1 Å². The van der Waals surface area contributed by atoms with Gasteiger partial charge in [-0.2, -0.15) is 0 Å². The van der Waals surface area contributed by atoms with Crippen molar-refractivity contribution in [1.82, 2.24) is 5.32 Å². The molecule has 1 aliphatic heterocycles. The van der Waals surface area contributed by atoms with Crippen LogP contribution in [0.4, 0.5) is 10.5 Å². The van der Waals surface area contributed by atoms with Crippen molar-refractivity contribution >= 4 is 17.6 Å². The van der Waals surface area contributed by atoms with Crippen molar-refractivity contribution in [2.75, 3.05) is 38.2 Å². The molecule has 142 valence electrons. The number of methoxy groups -OCH3 is 1. The number of quaternary nitrogens is 1. The maximum absolute atomic E-state index is 12.6. The molecule has 27 heavy (non-hydrogen) atoms. The van der Waals surface area contributed by atoms with E-state index in [1.807, 2.05) is 54.6 Å². The molecule has 1 saturated heterocycles. The molecule has 4 N–H and O–H groups in total. The molecule has 2 aromatic rings.